The minimum atomic E-state index is 0.883. The molecule has 0 aromatic carbocycles. The highest BCUT2D eigenvalue weighted by atomic mass is 79.9. The van der Waals surface area contributed by atoms with Crippen LogP contribution in [0.3, 0.4) is 0 Å². The molecule has 0 atom stereocenters. The third-order valence-electron chi connectivity index (χ3n) is 1.79. The molecule has 2 heterocycles. The summed E-state index contributed by atoms with van der Waals surface area (Å²) in [6, 6.07) is 8.00. The van der Waals surface area contributed by atoms with Gasteiger partial charge in [-0.3, -0.25) is 0 Å². The van der Waals surface area contributed by atoms with E-state index in [1.807, 2.05) is 36.6 Å². The Morgan fingerprint density at radius 3 is 2.86 bits per heavy atom. The number of hydrogen-bond donors (Lipinski definition) is 1. The van der Waals surface area contributed by atoms with Crippen molar-refractivity contribution in [2.24, 2.45) is 0 Å². The number of rotatable bonds is 2. The first-order valence-corrected chi connectivity index (χ1v) is 5.86. The van der Waals surface area contributed by atoms with Gasteiger partial charge in [-0.25, -0.2) is 4.98 Å². The minimum absolute atomic E-state index is 0.883. The van der Waals surface area contributed by atoms with Crippen LogP contribution in [0, 0.1) is 6.92 Å². The van der Waals surface area contributed by atoms with E-state index in [-0.39, 0.29) is 0 Å². The van der Waals surface area contributed by atoms with Crippen molar-refractivity contribution in [3.63, 3.8) is 0 Å². The molecule has 0 fully saturated rings. The normalized spacial score (nSPS) is 10.1. The molecule has 72 valence electrons. The van der Waals surface area contributed by atoms with E-state index in [4.69, 9.17) is 0 Å². The number of anilines is 2. The van der Waals surface area contributed by atoms with Gasteiger partial charge in [-0.2, -0.15) is 0 Å². The summed E-state index contributed by atoms with van der Waals surface area (Å²) in [5, 5.41) is 6.38. The van der Waals surface area contributed by atoms with Gasteiger partial charge in [-0.05, 0) is 52.5 Å². The van der Waals surface area contributed by atoms with E-state index in [0.29, 0.717) is 0 Å². The van der Waals surface area contributed by atoms with Crippen LogP contribution >= 0.6 is 27.3 Å². The standard InChI is InChI=1S/C10H9BrN2S/c1-7-8(11)4-5-9(12-7)13-10-3-2-6-14-10/h2-6H,1H3,(H,12,13). The summed E-state index contributed by atoms with van der Waals surface area (Å²) >= 11 is 5.08. The van der Waals surface area contributed by atoms with Gasteiger partial charge in [-0.15, -0.1) is 11.3 Å². The average Bonchev–Trinajstić information content (AvgIpc) is 2.64. The Balaban J connectivity index is 2.22. The van der Waals surface area contributed by atoms with Gasteiger partial charge < -0.3 is 5.32 Å². The van der Waals surface area contributed by atoms with Crippen molar-refractivity contribution in [1.29, 1.82) is 0 Å². The number of aromatic nitrogens is 1. The number of thiophene rings is 1. The first-order valence-electron chi connectivity index (χ1n) is 4.19. The molecule has 1 N–H and O–H groups in total. The van der Waals surface area contributed by atoms with Gasteiger partial charge in [0.15, 0.2) is 0 Å². The van der Waals surface area contributed by atoms with E-state index in [2.05, 4.69) is 26.2 Å². The van der Waals surface area contributed by atoms with Gasteiger partial charge in [-0.1, -0.05) is 0 Å². The van der Waals surface area contributed by atoms with Crippen LogP contribution < -0.4 is 5.32 Å². The predicted molar refractivity (Wildman–Crippen MR) is 64.3 cm³/mol. The Bertz CT molecular complexity index is 426. The summed E-state index contributed by atoms with van der Waals surface area (Å²) in [5.41, 5.74) is 0.992. The second-order valence-corrected chi connectivity index (χ2v) is 4.67. The maximum atomic E-state index is 4.40. The summed E-state index contributed by atoms with van der Waals surface area (Å²) in [6.45, 7) is 1.98. The van der Waals surface area contributed by atoms with Crippen molar-refractivity contribution >= 4 is 38.1 Å². The van der Waals surface area contributed by atoms with Gasteiger partial charge in [0.2, 0.25) is 0 Å². The number of halogens is 1. The van der Waals surface area contributed by atoms with E-state index in [1.165, 1.54) is 0 Å². The van der Waals surface area contributed by atoms with Crippen LogP contribution in [-0.4, -0.2) is 4.98 Å². The third-order valence-corrected chi connectivity index (χ3v) is 3.42. The zero-order valence-electron chi connectivity index (χ0n) is 7.62. The molecule has 0 saturated heterocycles. The SMILES string of the molecule is Cc1nc(Nc2cccs2)ccc1Br. The van der Waals surface area contributed by atoms with Crippen molar-refractivity contribution in [1.82, 2.24) is 4.98 Å². The maximum Gasteiger partial charge on any atom is 0.131 e. The highest BCUT2D eigenvalue weighted by Gasteiger charge is 1.99. The molecule has 0 aliphatic carbocycles. The molecule has 0 aliphatic rings. The van der Waals surface area contributed by atoms with Crippen LogP contribution in [0.4, 0.5) is 10.8 Å². The number of nitrogens with one attached hydrogen (secondary N) is 1. The molecular weight excluding hydrogens is 260 g/mol. The highest BCUT2D eigenvalue weighted by Crippen LogP contribution is 2.22. The summed E-state index contributed by atoms with van der Waals surface area (Å²) < 4.78 is 1.04. The lowest BCUT2D eigenvalue weighted by atomic mass is 10.4. The number of nitrogens with zero attached hydrogens (tertiary/aromatic N) is 1. The summed E-state index contributed by atoms with van der Waals surface area (Å²) in [5.74, 6) is 0.883. The van der Waals surface area contributed by atoms with Crippen molar-refractivity contribution in [2.45, 2.75) is 6.92 Å². The highest BCUT2D eigenvalue weighted by molar-refractivity contribution is 9.10. The summed E-state index contributed by atoms with van der Waals surface area (Å²) in [4.78, 5) is 4.40. The molecule has 2 nitrogen and oxygen atoms in total. The van der Waals surface area contributed by atoms with Gasteiger partial charge >= 0.3 is 0 Å². The first-order chi connectivity index (χ1) is 6.75. The second kappa shape index (κ2) is 4.11. The minimum Gasteiger partial charge on any atom is -0.332 e. The zero-order valence-corrected chi connectivity index (χ0v) is 10.0. The Kier molecular flexibility index (Phi) is 2.84. The average molecular weight is 269 g/mol. The fourth-order valence-corrected chi connectivity index (χ4v) is 1.93. The molecule has 4 heteroatoms. The molecule has 2 aromatic rings. The van der Waals surface area contributed by atoms with Crippen LogP contribution in [-0.2, 0) is 0 Å². The quantitative estimate of drug-likeness (QED) is 0.892. The summed E-state index contributed by atoms with van der Waals surface area (Å²) in [6.07, 6.45) is 0. The molecule has 2 rings (SSSR count). The van der Waals surface area contributed by atoms with E-state index in [9.17, 15) is 0 Å². The van der Waals surface area contributed by atoms with Crippen LogP contribution in [0.15, 0.2) is 34.1 Å². The topological polar surface area (TPSA) is 24.9 Å². The lowest BCUT2D eigenvalue weighted by Crippen LogP contribution is -1.93. The monoisotopic (exact) mass is 268 g/mol. The fraction of sp³-hybridized carbons (Fsp3) is 0.100. The Morgan fingerprint density at radius 1 is 1.36 bits per heavy atom. The molecular formula is C10H9BrN2S. The number of aryl methyl sites for hydroxylation is 1. The molecule has 0 unspecified atom stereocenters. The van der Waals surface area contributed by atoms with Gasteiger partial charge in [0, 0.05) is 4.47 Å². The van der Waals surface area contributed by atoms with E-state index in [1.54, 1.807) is 11.3 Å². The second-order valence-electron chi connectivity index (χ2n) is 2.87. The van der Waals surface area contributed by atoms with Crippen LogP contribution in [0.1, 0.15) is 5.69 Å². The first kappa shape index (κ1) is 9.68. The lowest BCUT2D eigenvalue weighted by molar-refractivity contribution is 1.18. The van der Waals surface area contributed by atoms with Gasteiger partial charge in [0.1, 0.15) is 5.82 Å². The number of pyridine rings is 1. The Hall–Kier alpha value is -0.870. The Labute approximate surface area is 95.1 Å². The largest absolute Gasteiger partial charge is 0.332 e. The smallest absolute Gasteiger partial charge is 0.131 e. The summed E-state index contributed by atoms with van der Waals surface area (Å²) in [7, 11) is 0. The number of hydrogen-bond acceptors (Lipinski definition) is 3. The van der Waals surface area contributed by atoms with Crippen LogP contribution in [0.5, 0.6) is 0 Å². The Morgan fingerprint density at radius 2 is 2.21 bits per heavy atom. The predicted octanol–water partition coefficient (Wildman–Crippen LogP) is 3.96. The molecule has 0 bridgehead atoms. The molecule has 14 heavy (non-hydrogen) atoms. The van der Waals surface area contributed by atoms with Crippen molar-refractivity contribution in [3.05, 3.63) is 39.8 Å². The van der Waals surface area contributed by atoms with E-state index in [0.717, 1.165) is 21.0 Å². The van der Waals surface area contributed by atoms with Crippen LogP contribution in [0.2, 0.25) is 0 Å². The molecule has 0 spiro atoms. The third kappa shape index (κ3) is 2.13. The molecule has 0 aliphatic heterocycles. The van der Waals surface area contributed by atoms with Crippen LogP contribution in [0.25, 0.3) is 0 Å². The lowest BCUT2D eigenvalue weighted by Gasteiger charge is -2.04. The van der Waals surface area contributed by atoms with Crippen molar-refractivity contribution in [3.8, 4) is 0 Å². The van der Waals surface area contributed by atoms with Crippen molar-refractivity contribution < 1.29 is 0 Å². The van der Waals surface area contributed by atoms with Gasteiger partial charge in [0.05, 0.1) is 10.7 Å². The van der Waals surface area contributed by atoms with E-state index < -0.39 is 0 Å². The zero-order chi connectivity index (χ0) is 9.97. The molecule has 0 saturated carbocycles. The van der Waals surface area contributed by atoms with Gasteiger partial charge in [0.25, 0.3) is 0 Å². The molecule has 2 aromatic heterocycles. The molecule has 0 amide bonds. The fourth-order valence-electron chi connectivity index (χ4n) is 1.09. The van der Waals surface area contributed by atoms with E-state index >= 15 is 0 Å². The molecule has 0 radical (unpaired) electrons. The maximum absolute atomic E-state index is 4.40. The van der Waals surface area contributed by atoms with Crippen molar-refractivity contribution in [2.75, 3.05) is 5.32 Å².